The standard InChI is InChI=1S/C12H9BrClNO2S/c13-10-1-2-18-11(10)6-17-12(16)7-3-8(14)5-9(15)4-7/h1-5H,6,15H2. The molecular formula is C12H9BrClNO2S. The quantitative estimate of drug-likeness (QED) is 0.672. The van der Waals surface area contributed by atoms with E-state index in [0.717, 1.165) is 9.35 Å². The highest BCUT2D eigenvalue weighted by Crippen LogP contribution is 2.24. The second-order valence-corrected chi connectivity index (χ2v) is 5.83. The van der Waals surface area contributed by atoms with Gasteiger partial charge in [0.25, 0.3) is 0 Å². The fourth-order valence-corrected chi connectivity index (χ4v) is 2.99. The summed E-state index contributed by atoms with van der Waals surface area (Å²) in [4.78, 5) is 12.8. The van der Waals surface area contributed by atoms with Gasteiger partial charge in [0, 0.05) is 15.2 Å². The predicted molar refractivity (Wildman–Crippen MR) is 77.0 cm³/mol. The third-order valence-electron chi connectivity index (χ3n) is 2.18. The molecule has 0 saturated carbocycles. The Morgan fingerprint density at radius 3 is 2.83 bits per heavy atom. The molecule has 0 bridgehead atoms. The first kappa shape index (κ1) is 13.4. The number of carbonyl (C=O) groups is 1. The number of nitrogen functional groups attached to an aromatic ring is 1. The number of esters is 1. The van der Waals surface area contributed by atoms with Crippen molar-refractivity contribution in [2.45, 2.75) is 6.61 Å². The van der Waals surface area contributed by atoms with Crippen LogP contribution in [0.3, 0.4) is 0 Å². The van der Waals surface area contributed by atoms with E-state index in [0.29, 0.717) is 16.3 Å². The Labute approximate surface area is 122 Å². The lowest BCUT2D eigenvalue weighted by Gasteiger charge is -2.05. The van der Waals surface area contributed by atoms with E-state index in [1.165, 1.54) is 23.5 Å². The second-order valence-electron chi connectivity index (χ2n) is 3.54. The molecule has 0 radical (unpaired) electrons. The smallest absolute Gasteiger partial charge is 0.338 e. The van der Waals surface area contributed by atoms with Crippen molar-refractivity contribution in [3.8, 4) is 0 Å². The van der Waals surface area contributed by atoms with Crippen molar-refractivity contribution in [3.05, 3.63) is 49.6 Å². The number of rotatable bonds is 3. The molecule has 0 amide bonds. The number of benzene rings is 1. The summed E-state index contributed by atoms with van der Waals surface area (Å²) in [5.74, 6) is -0.440. The fraction of sp³-hybridized carbons (Fsp3) is 0.0833. The molecule has 0 unspecified atom stereocenters. The van der Waals surface area contributed by atoms with Gasteiger partial charge >= 0.3 is 5.97 Å². The average Bonchev–Trinajstić information content (AvgIpc) is 2.70. The van der Waals surface area contributed by atoms with Crippen molar-refractivity contribution < 1.29 is 9.53 Å². The molecule has 0 fully saturated rings. The zero-order chi connectivity index (χ0) is 13.1. The molecule has 2 N–H and O–H groups in total. The Balaban J connectivity index is 2.06. The van der Waals surface area contributed by atoms with Crippen molar-refractivity contribution in [3.63, 3.8) is 0 Å². The van der Waals surface area contributed by atoms with Crippen LogP contribution in [0.1, 0.15) is 15.2 Å². The maximum absolute atomic E-state index is 11.8. The molecule has 1 aromatic carbocycles. The molecule has 6 heteroatoms. The Bertz CT molecular complexity index is 565. The van der Waals surface area contributed by atoms with Crippen LogP contribution in [-0.2, 0) is 11.3 Å². The summed E-state index contributed by atoms with van der Waals surface area (Å²) in [6.45, 7) is 0.226. The third-order valence-corrected chi connectivity index (χ3v) is 4.30. The van der Waals surface area contributed by atoms with Crippen LogP contribution >= 0.6 is 38.9 Å². The van der Waals surface area contributed by atoms with Gasteiger partial charge in [-0.15, -0.1) is 11.3 Å². The first-order chi connectivity index (χ1) is 8.56. The molecule has 0 aliphatic heterocycles. The number of halogens is 2. The summed E-state index contributed by atoms with van der Waals surface area (Å²) in [6, 6.07) is 6.56. The molecule has 3 nitrogen and oxygen atoms in total. The minimum absolute atomic E-state index is 0.226. The van der Waals surface area contributed by atoms with E-state index < -0.39 is 5.97 Å². The van der Waals surface area contributed by atoms with Crippen LogP contribution in [-0.4, -0.2) is 5.97 Å². The minimum atomic E-state index is -0.440. The van der Waals surface area contributed by atoms with Gasteiger partial charge < -0.3 is 10.5 Å². The number of anilines is 1. The van der Waals surface area contributed by atoms with Crippen molar-refractivity contribution in [1.29, 1.82) is 0 Å². The third kappa shape index (κ3) is 3.25. The van der Waals surface area contributed by atoms with Crippen LogP contribution in [0.4, 0.5) is 5.69 Å². The molecule has 0 atom stereocenters. The maximum Gasteiger partial charge on any atom is 0.338 e. The van der Waals surface area contributed by atoms with E-state index >= 15 is 0 Å². The van der Waals surface area contributed by atoms with Crippen molar-refractivity contribution in [1.82, 2.24) is 0 Å². The summed E-state index contributed by atoms with van der Waals surface area (Å²) in [7, 11) is 0. The van der Waals surface area contributed by atoms with Crippen LogP contribution in [0, 0.1) is 0 Å². The number of nitrogens with two attached hydrogens (primary N) is 1. The Kier molecular flexibility index (Phi) is 4.27. The van der Waals surface area contributed by atoms with Crippen LogP contribution in [0.2, 0.25) is 5.02 Å². The van der Waals surface area contributed by atoms with Gasteiger partial charge in [0.2, 0.25) is 0 Å². The number of hydrogen-bond acceptors (Lipinski definition) is 4. The maximum atomic E-state index is 11.8. The largest absolute Gasteiger partial charge is 0.456 e. The second kappa shape index (κ2) is 5.73. The lowest BCUT2D eigenvalue weighted by Crippen LogP contribution is -2.05. The highest BCUT2D eigenvalue weighted by atomic mass is 79.9. The molecule has 1 aromatic heterocycles. The van der Waals surface area contributed by atoms with E-state index in [-0.39, 0.29) is 6.61 Å². The van der Waals surface area contributed by atoms with E-state index in [9.17, 15) is 4.79 Å². The van der Waals surface area contributed by atoms with Gasteiger partial charge in [-0.05, 0) is 45.6 Å². The zero-order valence-electron chi connectivity index (χ0n) is 9.15. The topological polar surface area (TPSA) is 52.3 Å². The molecule has 2 aromatic rings. The number of hydrogen-bond donors (Lipinski definition) is 1. The van der Waals surface area contributed by atoms with Gasteiger partial charge in [-0.3, -0.25) is 0 Å². The SMILES string of the molecule is Nc1cc(Cl)cc(C(=O)OCc2sccc2Br)c1. The van der Waals surface area contributed by atoms with Crippen molar-refractivity contribution in [2.24, 2.45) is 0 Å². The normalized spacial score (nSPS) is 10.3. The van der Waals surface area contributed by atoms with Crippen LogP contribution in [0.15, 0.2) is 34.1 Å². The highest BCUT2D eigenvalue weighted by molar-refractivity contribution is 9.10. The van der Waals surface area contributed by atoms with Crippen molar-refractivity contribution >= 4 is 50.5 Å². The summed E-state index contributed by atoms with van der Waals surface area (Å²) >= 11 is 10.7. The highest BCUT2D eigenvalue weighted by Gasteiger charge is 2.10. The zero-order valence-corrected chi connectivity index (χ0v) is 12.3. The molecule has 0 saturated heterocycles. The first-order valence-electron chi connectivity index (χ1n) is 5.01. The van der Waals surface area contributed by atoms with Gasteiger partial charge in [-0.25, -0.2) is 4.79 Å². The van der Waals surface area contributed by atoms with Gasteiger partial charge in [0.05, 0.1) is 10.4 Å². The minimum Gasteiger partial charge on any atom is -0.456 e. The summed E-state index contributed by atoms with van der Waals surface area (Å²) in [5.41, 5.74) is 6.41. The van der Waals surface area contributed by atoms with Crippen LogP contribution in [0.25, 0.3) is 0 Å². The molecular weight excluding hydrogens is 338 g/mol. The van der Waals surface area contributed by atoms with Gasteiger partial charge in [0.15, 0.2) is 0 Å². The predicted octanol–water partition coefficient (Wildman–Crippen LogP) is 4.10. The van der Waals surface area contributed by atoms with Crippen molar-refractivity contribution in [2.75, 3.05) is 5.73 Å². The monoisotopic (exact) mass is 345 g/mol. The molecule has 2 rings (SSSR count). The summed E-state index contributed by atoms with van der Waals surface area (Å²) in [6.07, 6.45) is 0. The Morgan fingerprint density at radius 2 is 2.22 bits per heavy atom. The average molecular weight is 347 g/mol. The fourth-order valence-electron chi connectivity index (χ4n) is 1.37. The molecule has 1 heterocycles. The Morgan fingerprint density at radius 1 is 1.44 bits per heavy atom. The van der Waals surface area contributed by atoms with E-state index in [2.05, 4.69) is 15.9 Å². The molecule has 18 heavy (non-hydrogen) atoms. The van der Waals surface area contributed by atoms with Gasteiger partial charge in [0.1, 0.15) is 6.61 Å². The van der Waals surface area contributed by atoms with E-state index in [1.807, 2.05) is 11.4 Å². The number of carbonyl (C=O) groups excluding carboxylic acids is 1. The van der Waals surface area contributed by atoms with Gasteiger partial charge in [-0.2, -0.15) is 0 Å². The number of ether oxygens (including phenoxy) is 1. The van der Waals surface area contributed by atoms with E-state index in [1.54, 1.807) is 6.07 Å². The molecule has 0 spiro atoms. The number of thiophene rings is 1. The first-order valence-corrected chi connectivity index (χ1v) is 7.06. The summed E-state index contributed by atoms with van der Waals surface area (Å²) in [5, 5.41) is 2.34. The summed E-state index contributed by atoms with van der Waals surface area (Å²) < 4.78 is 6.13. The lowest BCUT2D eigenvalue weighted by molar-refractivity contribution is 0.0476. The molecule has 94 valence electrons. The Hall–Kier alpha value is -1.04. The van der Waals surface area contributed by atoms with Crippen LogP contribution in [0.5, 0.6) is 0 Å². The molecule has 0 aliphatic rings. The van der Waals surface area contributed by atoms with Gasteiger partial charge in [-0.1, -0.05) is 11.6 Å². The molecule has 0 aliphatic carbocycles. The van der Waals surface area contributed by atoms with E-state index in [4.69, 9.17) is 22.1 Å². The lowest BCUT2D eigenvalue weighted by atomic mass is 10.2. The van der Waals surface area contributed by atoms with Crippen LogP contribution < -0.4 is 5.73 Å².